The summed E-state index contributed by atoms with van der Waals surface area (Å²) in [6.07, 6.45) is 2.49. The van der Waals surface area contributed by atoms with Crippen LogP contribution in [0.25, 0.3) is 0 Å². The van der Waals surface area contributed by atoms with E-state index in [2.05, 4.69) is 10.2 Å². The molecule has 1 N–H and O–H groups in total. The van der Waals surface area contributed by atoms with Crippen molar-refractivity contribution in [2.24, 2.45) is 0 Å². The number of piperidine rings is 1. The number of anilines is 2. The molecule has 1 atom stereocenters. The fourth-order valence-corrected chi connectivity index (χ4v) is 3.35. The number of carbonyl (C=O) groups is 1. The van der Waals surface area contributed by atoms with Gasteiger partial charge < -0.3 is 19.7 Å². The summed E-state index contributed by atoms with van der Waals surface area (Å²) in [5, 5.41) is 3.38. The highest BCUT2D eigenvalue weighted by Gasteiger charge is 2.19. The van der Waals surface area contributed by atoms with Crippen molar-refractivity contribution in [3.05, 3.63) is 53.1 Å². The van der Waals surface area contributed by atoms with Gasteiger partial charge in [0.2, 0.25) is 0 Å². The zero-order chi connectivity index (χ0) is 18.5. The second kappa shape index (κ2) is 8.43. The normalized spacial score (nSPS) is 17.0. The van der Waals surface area contributed by atoms with Crippen LogP contribution in [0.2, 0.25) is 5.02 Å². The third-order valence-corrected chi connectivity index (χ3v) is 4.84. The van der Waals surface area contributed by atoms with Crippen molar-refractivity contribution in [1.82, 2.24) is 0 Å². The van der Waals surface area contributed by atoms with Gasteiger partial charge in [-0.1, -0.05) is 11.6 Å². The van der Waals surface area contributed by atoms with Crippen LogP contribution in [0.1, 0.15) is 23.2 Å². The number of hydrogen-bond donors (Lipinski definition) is 1. The van der Waals surface area contributed by atoms with Crippen LogP contribution < -0.4 is 15.0 Å². The highest BCUT2D eigenvalue weighted by atomic mass is 35.5. The van der Waals surface area contributed by atoms with Crippen LogP contribution in [0.15, 0.2) is 42.5 Å². The molecular weight excluding hydrogens is 352 g/mol. The Bertz CT molecular complexity index is 764. The minimum absolute atomic E-state index is 0.255. The molecule has 1 aliphatic heterocycles. The van der Waals surface area contributed by atoms with E-state index in [9.17, 15) is 4.79 Å². The first-order chi connectivity index (χ1) is 12.6. The van der Waals surface area contributed by atoms with Gasteiger partial charge >= 0.3 is 0 Å². The molecule has 1 heterocycles. The molecule has 1 unspecified atom stereocenters. The average molecular weight is 375 g/mol. The summed E-state index contributed by atoms with van der Waals surface area (Å²) in [5.41, 5.74) is 2.26. The molecule has 26 heavy (non-hydrogen) atoms. The van der Waals surface area contributed by atoms with E-state index in [-0.39, 0.29) is 12.0 Å². The van der Waals surface area contributed by atoms with E-state index in [0.29, 0.717) is 16.3 Å². The first-order valence-corrected chi connectivity index (χ1v) is 9.01. The number of carbonyl (C=O) groups excluding carboxylic acids is 1. The van der Waals surface area contributed by atoms with Crippen LogP contribution in [-0.4, -0.2) is 39.3 Å². The lowest BCUT2D eigenvalue weighted by Crippen LogP contribution is -2.39. The summed E-state index contributed by atoms with van der Waals surface area (Å²) >= 11 is 6.00. The van der Waals surface area contributed by atoms with Gasteiger partial charge in [0.05, 0.1) is 18.8 Å². The van der Waals surface area contributed by atoms with E-state index in [4.69, 9.17) is 21.1 Å². The van der Waals surface area contributed by atoms with E-state index >= 15 is 0 Å². The number of methoxy groups -OCH3 is 2. The average Bonchev–Trinajstić information content (AvgIpc) is 2.68. The van der Waals surface area contributed by atoms with Gasteiger partial charge in [-0.25, -0.2) is 0 Å². The molecule has 1 amide bonds. The fraction of sp³-hybridized carbons (Fsp3) is 0.350. The lowest BCUT2D eigenvalue weighted by Gasteiger charge is -2.33. The number of nitrogens with one attached hydrogen (secondary N) is 1. The third kappa shape index (κ3) is 4.29. The number of nitrogens with zero attached hydrogens (tertiary/aromatic N) is 1. The van der Waals surface area contributed by atoms with Gasteiger partial charge in [0, 0.05) is 36.6 Å². The van der Waals surface area contributed by atoms with Crippen molar-refractivity contribution >= 4 is 28.9 Å². The summed E-state index contributed by atoms with van der Waals surface area (Å²) in [6, 6.07) is 12.8. The van der Waals surface area contributed by atoms with Crippen LogP contribution in [0, 0.1) is 0 Å². The Hall–Kier alpha value is -2.24. The number of amides is 1. The SMILES string of the molecule is COc1ccc(Cl)cc1C(=O)Nc1ccc(N2CCCC(OC)C2)cc1. The van der Waals surface area contributed by atoms with E-state index in [1.165, 1.54) is 7.11 Å². The monoisotopic (exact) mass is 374 g/mol. The van der Waals surface area contributed by atoms with Gasteiger partial charge in [-0.15, -0.1) is 0 Å². The Labute approximate surface area is 158 Å². The van der Waals surface area contributed by atoms with Gasteiger partial charge in [0.15, 0.2) is 0 Å². The first-order valence-electron chi connectivity index (χ1n) is 8.63. The topological polar surface area (TPSA) is 50.8 Å². The summed E-state index contributed by atoms with van der Waals surface area (Å²) < 4.78 is 10.7. The van der Waals surface area contributed by atoms with Crippen LogP contribution >= 0.6 is 11.6 Å². The standard InChI is InChI=1S/C20H23ClN2O3/c1-25-17-4-3-11-23(13-17)16-8-6-15(7-9-16)22-20(24)18-12-14(21)5-10-19(18)26-2/h5-10,12,17H,3-4,11,13H2,1-2H3,(H,22,24). The van der Waals surface area contributed by atoms with Crippen LogP contribution in [0.4, 0.5) is 11.4 Å². The van der Waals surface area contributed by atoms with Gasteiger partial charge in [0.1, 0.15) is 5.75 Å². The van der Waals surface area contributed by atoms with Crippen molar-refractivity contribution in [3.8, 4) is 5.75 Å². The maximum atomic E-state index is 12.5. The van der Waals surface area contributed by atoms with Crippen molar-refractivity contribution < 1.29 is 14.3 Å². The molecule has 0 aliphatic carbocycles. The number of hydrogen-bond acceptors (Lipinski definition) is 4. The lowest BCUT2D eigenvalue weighted by molar-refractivity contribution is 0.0893. The number of rotatable bonds is 5. The molecule has 6 heteroatoms. The predicted molar refractivity (Wildman–Crippen MR) is 105 cm³/mol. The van der Waals surface area contributed by atoms with E-state index in [1.54, 1.807) is 25.3 Å². The molecule has 0 spiro atoms. The molecule has 2 aromatic carbocycles. The molecule has 1 aliphatic rings. The molecule has 0 bridgehead atoms. The highest BCUT2D eigenvalue weighted by molar-refractivity contribution is 6.31. The van der Waals surface area contributed by atoms with Crippen LogP contribution in [-0.2, 0) is 4.74 Å². The number of ether oxygens (including phenoxy) is 2. The molecule has 3 rings (SSSR count). The Morgan fingerprint density at radius 2 is 1.96 bits per heavy atom. The lowest BCUT2D eigenvalue weighted by atomic mass is 10.1. The Kier molecular flexibility index (Phi) is 6.01. The third-order valence-electron chi connectivity index (χ3n) is 4.61. The molecule has 1 saturated heterocycles. The summed E-state index contributed by atoms with van der Waals surface area (Å²) in [5.74, 6) is 0.233. The van der Waals surface area contributed by atoms with Gasteiger partial charge in [-0.2, -0.15) is 0 Å². The molecule has 1 fully saturated rings. The molecule has 5 nitrogen and oxygen atoms in total. The van der Waals surface area contributed by atoms with Gasteiger partial charge in [-0.05, 0) is 55.3 Å². The Balaban J connectivity index is 1.69. The Morgan fingerprint density at radius 1 is 1.19 bits per heavy atom. The Morgan fingerprint density at radius 3 is 2.65 bits per heavy atom. The second-order valence-corrected chi connectivity index (χ2v) is 6.73. The second-order valence-electron chi connectivity index (χ2n) is 6.29. The van der Waals surface area contributed by atoms with Crippen LogP contribution in [0.3, 0.4) is 0 Å². The van der Waals surface area contributed by atoms with E-state index in [1.807, 2.05) is 24.3 Å². The minimum atomic E-state index is -0.255. The summed E-state index contributed by atoms with van der Waals surface area (Å²) in [6.45, 7) is 1.91. The molecular formula is C20H23ClN2O3. The molecule has 0 aromatic heterocycles. The zero-order valence-corrected chi connectivity index (χ0v) is 15.8. The summed E-state index contributed by atoms with van der Waals surface area (Å²) in [7, 11) is 3.29. The van der Waals surface area contributed by atoms with Crippen molar-refractivity contribution in [2.75, 3.05) is 37.5 Å². The molecule has 138 valence electrons. The maximum absolute atomic E-state index is 12.5. The minimum Gasteiger partial charge on any atom is -0.496 e. The van der Waals surface area contributed by atoms with Gasteiger partial charge in [-0.3, -0.25) is 4.79 Å². The zero-order valence-electron chi connectivity index (χ0n) is 15.0. The van der Waals surface area contributed by atoms with E-state index < -0.39 is 0 Å². The van der Waals surface area contributed by atoms with Crippen molar-refractivity contribution in [2.45, 2.75) is 18.9 Å². The quantitative estimate of drug-likeness (QED) is 0.851. The van der Waals surface area contributed by atoms with E-state index in [0.717, 1.165) is 37.3 Å². The smallest absolute Gasteiger partial charge is 0.259 e. The molecule has 0 radical (unpaired) electrons. The largest absolute Gasteiger partial charge is 0.496 e. The fourth-order valence-electron chi connectivity index (χ4n) is 3.18. The van der Waals surface area contributed by atoms with Crippen molar-refractivity contribution in [1.29, 1.82) is 0 Å². The predicted octanol–water partition coefficient (Wildman–Crippen LogP) is 4.22. The molecule has 0 saturated carbocycles. The van der Waals surface area contributed by atoms with Crippen molar-refractivity contribution in [3.63, 3.8) is 0 Å². The van der Waals surface area contributed by atoms with Gasteiger partial charge in [0.25, 0.3) is 5.91 Å². The molecule has 2 aromatic rings. The number of halogens is 1. The highest BCUT2D eigenvalue weighted by Crippen LogP contribution is 2.26. The first kappa shape index (κ1) is 18.5. The van der Waals surface area contributed by atoms with Crippen LogP contribution in [0.5, 0.6) is 5.75 Å². The maximum Gasteiger partial charge on any atom is 0.259 e. The number of benzene rings is 2. The summed E-state index contributed by atoms with van der Waals surface area (Å²) in [4.78, 5) is 14.8.